The highest BCUT2D eigenvalue weighted by molar-refractivity contribution is 6.34. The first kappa shape index (κ1) is 33.6. The van der Waals surface area contributed by atoms with Gasteiger partial charge in [0.15, 0.2) is 0 Å². The summed E-state index contributed by atoms with van der Waals surface area (Å²) in [7, 11) is 0. The van der Waals surface area contributed by atoms with Gasteiger partial charge in [-0.25, -0.2) is 4.85 Å². The highest BCUT2D eigenvalue weighted by Crippen LogP contribution is 2.53. The van der Waals surface area contributed by atoms with Gasteiger partial charge in [-0.05, 0) is 68.7 Å². The minimum absolute atomic E-state index is 0.416. The zero-order valence-electron chi connectivity index (χ0n) is 32.1. The number of rotatable bonds is 5. The first-order valence-corrected chi connectivity index (χ1v) is 20.0. The minimum atomic E-state index is 0.416. The van der Waals surface area contributed by atoms with Crippen molar-refractivity contribution >= 4 is 70.8 Å². The van der Waals surface area contributed by atoms with Gasteiger partial charge in [-0.15, -0.1) is 0 Å². The SMILES string of the molecule is [C-]#[N+]c1c(-c2ccccc2)c(C#N)c(-n2c3ccccc3c3c(-c4ccccc4)cccc32)c(-c2ccccc2)c1-n1c2cccc3c4ccncc4c4cccc1c4c32. The van der Waals surface area contributed by atoms with E-state index in [1.165, 1.54) is 0 Å². The summed E-state index contributed by atoms with van der Waals surface area (Å²) in [4.78, 5) is 9.04. The van der Waals surface area contributed by atoms with E-state index in [-0.39, 0.29) is 0 Å². The molecule has 0 fully saturated rings. The van der Waals surface area contributed by atoms with Crippen molar-refractivity contribution in [1.82, 2.24) is 14.1 Å². The van der Waals surface area contributed by atoms with Crippen molar-refractivity contribution in [3.63, 3.8) is 0 Å². The zero-order chi connectivity index (χ0) is 39.9. The predicted molar refractivity (Wildman–Crippen MR) is 246 cm³/mol. The number of pyridine rings is 1. The number of para-hydroxylation sites is 1. The minimum Gasteiger partial charge on any atom is -0.318 e. The van der Waals surface area contributed by atoms with Crippen LogP contribution >= 0.6 is 0 Å². The first-order valence-electron chi connectivity index (χ1n) is 20.0. The zero-order valence-corrected chi connectivity index (χ0v) is 32.1. The Hall–Kier alpha value is -8.51. The molecule has 0 N–H and O–H groups in total. The van der Waals surface area contributed by atoms with Crippen LogP contribution in [0.1, 0.15) is 5.56 Å². The molecular formula is C55H31N5. The van der Waals surface area contributed by atoms with Crippen LogP contribution in [0.4, 0.5) is 5.69 Å². The van der Waals surface area contributed by atoms with E-state index >= 15 is 0 Å². The fourth-order valence-electron chi connectivity index (χ4n) is 9.89. The van der Waals surface area contributed by atoms with Crippen LogP contribution in [0.3, 0.4) is 0 Å². The van der Waals surface area contributed by atoms with Crippen LogP contribution in [0, 0.1) is 17.9 Å². The Morgan fingerprint density at radius 1 is 0.450 bits per heavy atom. The predicted octanol–water partition coefficient (Wildman–Crippen LogP) is 14.4. The van der Waals surface area contributed by atoms with Gasteiger partial charge in [0.25, 0.3) is 0 Å². The Morgan fingerprint density at radius 3 is 1.62 bits per heavy atom. The van der Waals surface area contributed by atoms with Crippen LogP contribution in [0.25, 0.3) is 115 Å². The summed E-state index contributed by atoms with van der Waals surface area (Å²) in [6.45, 7) is 9.14. The second-order valence-electron chi connectivity index (χ2n) is 15.2. The summed E-state index contributed by atoms with van der Waals surface area (Å²) < 4.78 is 4.58. The number of fused-ring (bicyclic) bond motifs is 6. The molecule has 0 amide bonds. The molecule has 0 aliphatic rings. The maximum absolute atomic E-state index is 11.7. The van der Waals surface area contributed by atoms with Gasteiger partial charge in [-0.2, -0.15) is 5.26 Å². The lowest BCUT2D eigenvalue weighted by Gasteiger charge is -2.25. The van der Waals surface area contributed by atoms with E-state index in [1.807, 2.05) is 67.0 Å². The molecule has 0 radical (unpaired) electrons. The second-order valence-corrected chi connectivity index (χ2v) is 15.2. The molecule has 3 aromatic heterocycles. The lowest BCUT2D eigenvalue weighted by Crippen LogP contribution is -2.08. The third kappa shape index (κ3) is 4.57. The van der Waals surface area contributed by atoms with Gasteiger partial charge >= 0.3 is 0 Å². The lowest BCUT2D eigenvalue weighted by atomic mass is 9.88. The second kappa shape index (κ2) is 13.0. The summed E-state index contributed by atoms with van der Waals surface area (Å²) in [5.74, 6) is 0. The Labute approximate surface area is 345 Å². The van der Waals surface area contributed by atoms with Crippen molar-refractivity contribution in [2.24, 2.45) is 0 Å². The fraction of sp³-hybridized carbons (Fsp3) is 0. The van der Waals surface area contributed by atoms with Gasteiger partial charge in [-0.1, -0.05) is 146 Å². The van der Waals surface area contributed by atoms with Crippen molar-refractivity contribution in [2.45, 2.75) is 0 Å². The average molecular weight is 762 g/mol. The van der Waals surface area contributed by atoms with E-state index in [0.29, 0.717) is 16.8 Å². The number of nitriles is 1. The largest absolute Gasteiger partial charge is 0.318 e. The lowest BCUT2D eigenvalue weighted by molar-refractivity contribution is 1.13. The summed E-state index contributed by atoms with van der Waals surface area (Å²) in [5.41, 5.74) is 11.6. The van der Waals surface area contributed by atoms with Gasteiger partial charge in [0.2, 0.25) is 5.69 Å². The van der Waals surface area contributed by atoms with Crippen molar-refractivity contribution in [2.75, 3.05) is 0 Å². The number of nitrogens with zero attached hydrogens (tertiary/aromatic N) is 5. The van der Waals surface area contributed by atoms with Crippen LogP contribution in [0.2, 0.25) is 0 Å². The average Bonchev–Trinajstić information content (AvgIpc) is 3.84. The Bertz CT molecular complexity index is 3680. The molecule has 0 atom stereocenters. The molecule has 9 aromatic carbocycles. The van der Waals surface area contributed by atoms with E-state index in [9.17, 15) is 5.26 Å². The molecular weight excluding hydrogens is 731 g/mol. The highest BCUT2D eigenvalue weighted by atomic mass is 15.0. The van der Waals surface area contributed by atoms with Gasteiger partial charge in [0, 0.05) is 50.5 Å². The number of aromatic nitrogens is 3. The van der Waals surface area contributed by atoms with Crippen LogP contribution in [0.5, 0.6) is 0 Å². The number of benzene rings is 9. The highest BCUT2D eigenvalue weighted by Gasteiger charge is 2.32. The monoisotopic (exact) mass is 761 g/mol. The van der Waals surface area contributed by atoms with Crippen LogP contribution in [-0.4, -0.2) is 14.1 Å². The van der Waals surface area contributed by atoms with E-state index in [1.54, 1.807) is 0 Å². The van der Waals surface area contributed by atoms with Crippen molar-refractivity contribution in [3.8, 4) is 50.8 Å². The third-order valence-corrected chi connectivity index (χ3v) is 12.2. The van der Waals surface area contributed by atoms with Crippen molar-refractivity contribution < 1.29 is 0 Å². The van der Waals surface area contributed by atoms with E-state index < -0.39 is 0 Å². The Balaban J connectivity index is 1.37. The van der Waals surface area contributed by atoms with Crippen LogP contribution in [-0.2, 0) is 0 Å². The molecule has 5 heteroatoms. The van der Waals surface area contributed by atoms with E-state index in [4.69, 9.17) is 6.57 Å². The normalized spacial score (nSPS) is 11.6. The molecule has 12 rings (SSSR count). The molecule has 0 bridgehead atoms. The summed E-state index contributed by atoms with van der Waals surface area (Å²) in [6, 6.07) is 63.4. The van der Waals surface area contributed by atoms with Crippen molar-refractivity contribution in [1.29, 1.82) is 5.26 Å². The molecule has 0 aliphatic carbocycles. The molecule has 0 spiro atoms. The smallest absolute Gasteiger partial charge is 0.220 e. The maximum atomic E-state index is 11.7. The number of hydrogen-bond donors (Lipinski definition) is 0. The first-order chi connectivity index (χ1) is 29.8. The van der Waals surface area contributed by atoms with Gasteiger partial charge in [0.05, 0.1) is 45.6 Å². The molecule has 3 heterocycles. The molecule has 0 saturated carbocycles. The summed E-state index contributed by atoms with van der Waals surface area (Å²) in [5, 5.41) is 20.6. The molecule has 276 valence electrons. The Kier molecular flexibility index (Phi) is 7.29. The quantitative estimate of drug-likeness (QED) is 0.130. The fourth-order valence-corrected chi connectivity index (χ4v) is 9.89. The molecule has 60 heavy (non-hydrogen) atoms. The van der Waals surface area contributed by atoms with Crippen molar-refractivity contribution in [3.05, 3.63) is 205 Å². The molecule has 0 aliphatic heterocycles. The number of hydrogen-bond acceptors (Lipinski definition) is 2. The summed E-state index contributed by atoms with van der Waals surface area (Å²) in [6.07, 6.45) is 3.82. The molecule has 12 aromatic rings. The van der Waals surface area contributed by atoms with Crippen LogP contribution < -0.4 is 0 Å². The molecule has 5 nitrogen and oxygen atoms in total. The molecule has 0 saturated heterocycles. The van der Waals surface area contributed by atoms with Gasteiger partial charge in [-0.3, -0.25) is 4.98 Å². The van der Waals surface area contributed by atoms with Gasteiger partial charge in [0.1, 0.15) is 6.07 Å². The third-order valence-electron chi connectivity index (χ3n) is 12.2. The van der Waals surface area contributed by atoms with E-state index in [2.05, 4.69) is 146 Å². The van der Waals surface area contributed by atoms with E-state index in [0.717, 1.165) is 104 Å². The Morgan fingerprint density at radius 2 is 0.967 bits per heavy atom. The van der Waals surface area contributed by atoms with Crippen LogP contribution in [0.15, 0.2) is 188 Å². The molecule has 0 unspecified atom stereocenters. The topological polar surface area (TPSA) is 50.9 Å². The van der Waals surface area contributed by atoms with Gasteiger partial charge < -0.3 is 9.13 Å². The maximum Gasteiger partial charge on any atom is 0.220 e. The standard InChI is InChI=1S/C55H31N5/c1-57-53-48(35-18-7-3-8-19-35)42(32-56)54(59-44-26-12-11-22-41(44)50-37(23-13-27-45(50)59)34-16-5-2-6-17-34)49(36-20-9-4-10-21-36)55(53)60-46-28-14-24-39-38-30-31-58-33-43(38)40-25-15-29-47(60)52(40)51(39)46/h2-31,33H. The summed E-state index contributed by atoms with van der Waals surface area (Å²) >= 11 is 0.